The molecule has 1 atom stereocenters. The minimum absolute atomic E-state index is 0. The Bertz CT molecular complexity index is 664. The van der Waals surface area contributed by atoms with Crippen LogP contribution in [0.15, 0.2) is 42.5 Å². The van der Waals surface area contributed by atoms with E-state index < -0.39 is 0 Å². The van der Waals surface area contributed by atoms with Gasteiger partial charge in [0.15, 0.2) is 5.52 Å². The Hall–Kier alpha value is -0.973. The fraction of sp³-hybridized carbons (Fsp3) is 0.235. The van der Waals surface area contributed by atoms with Crippen LogP contribution in [0.4, 0.5) is 0 Å². The monoisotopic (exact) mass is 344 g/mol. The van der Waals surface area contributed by atoms with Crippen molar-refractivity contribution >= 4 is 49.9 Å². The van der Waals surface area contributed by atoms with Crippen LogP contribution >= 0.6 is 20.2 Å². The Kier molecular flexibility index (Phi) is 8.74. The first-order valence-corrected chi connectivity index (χ1v) is 8.40. The molecule has 0 aliphatic heterocycles. The first-order valence-electron chi connectivity index (χ1n) is 7.02. The quantitative estimate of drug-likeness (QED) is 0.568. The average Bonchev–Trinajstić information content (AvgIpc) is 2.55. The Balaban J connectivity index is 0.00000264. The molecule has 23 heavy (non-hydrogen) atoms. The van der Waals surface area contributed by atoms with Gasteiger partial charge in [-0.05, 0) is 50.6 Å². The molecule has 2 aromatic carbocycles. The molecule has 0 heterocycles. The van der Waals surface area contributed by atoms with E-state index in [0.29, 0.717) is 22.9 Å². The number of hydrogen-bond acceptors (Lipinski definition) is 3. The first kappa shape index (κ1) is 20.1. The van der Waals surface area contributed by atoms with E-state index >= 15 is 0 Å². The molecule has 0 radical (unpaired) electrons. The van der Waals surface area contributed by atoms with Crippen LogP contribution in [-0.2, 0) is 0 Å². The molecule has 0 aromatic heterocycles. The number of benzene rings is 2. The van der Waals surface area contributed by atoms with E-state index in [-0.39, 0.29) is 33.0 Å². The molecule has 2 aromatic rings. The summed E-state index contributed by atoms with van der Waals surface area (Å²) in [6.07, 6.45) is 0.938. The Morgan fingerprint density at radius 2 is 1.96 bits per heavy atom. The van der Waals surface area contributed by atoms with Crippen LogP contribution < -0.4 is 14.8 Å². The number of rotatable bonds is 7. The van der Waals surface area contributed by atoms with E-state index in [9.17, 15) is 4.79 Å². The summed E-state index contributed by atoms with van der Waals surface area (Å²) in [5.74, 6) is 1.31. The van der Waals surface area contributed by atoms with Crippen molar-refractivity contribution < 1.29 is 14.3 Å². The van der Waals surface area contributed by atoms with Gasteiger partial charge in [-0.2, -0.15) is 0 Å². The van der Waals surface area contributed by atoms with E-state index in [2.05, 4.69) is 0 Å². The number of hydrogen-bond donors (Lipinski definition) is 0. The van der Waals surface area contributed by atoms with Crippen LogP contribution in [0.25, 0.3) is 0 Å². The fourth-order valence-electron chi connectivity index (χ4n) is 1.93. The standard InChI is InChI=1S/C17H18ClO3P.Li.H/c1-3-10-21-12-8-9-16(14(18)11-12)22-17(19)13-6-4-5-7-15(13)20-2;;/h4-9,11,22H,3,10H2,1-2H3;;. The Morgan fingerprint density at radius 1 is 1.22 bits per heavy atom. The van der Waals surface area contributed by atoms with Gasteiger partial charge in [0.25, 0.3) is 0 Å². The number of carbonyl (C=O) groups excluding carboxylic acids is 1. The summed E-state index contributed by atoms with van der Waals surface area (Å²) in [5.41, 5.74) is 0.576. The van der Waals surface area contributed by atoms with Gasteiger partial charge in [0, 0.05) is 0 Å². The zero-order chi connectivity index (χ0) is 15.9. The van der Waals surface area contributed by atoms with Crippen LogP contribution in [0.5, 0.6) is 11.5 Å². The SMILES string of the molecule is CCCOc1ccc(PC(=O)c2ccccc2OC)c(Cl)c1.[LiH]. The zero-order valence-corrected chi connectivity index (χ0v) is 14.3. The molecule has 0 saturated carbocycles. The molecule has 0 N–H and O–H groups in total. The summed E-state index contributed by atoms with van der Waals surface area (Å²) in [4.78, 5) is 12.4. The average molecular weight is 345 g/mol. The van der Waals surface area contributed by atoms with Crippen molar-refractivity contribution in [1.82, 2.24) is 0 Å². The van der Waals surface area contributed by atoms with Crippen LogP contribution in [0.3, 0.4) is 0 Å². The van der Waals surface area contributed by atoms with E-state index in [4.69, 9.17) is 21.1 Å². The van der Waals surface area contributed by atoms with Gasteiger partial charge < -0.3 is 9.47 Å². The molecule has 2 rings (SSSR count). The Morgan fingerprint density at radius 3 is 2.61 bits per heavy atom. The van der Waals surface area contributed by atoms with Gasteiger partial charge in [-0.25, -0.2) is 0 Å². The molecule has 6 heteroatoms. The second-order valence-electron chi connectivity index (χ2n) is 4.64. The van der Waals surface area contributed by atoms with E-state index in [1.165, 1.54) is 0 Å². The van der Waals surface area contributed by atoms with Crippen molar-refractivity contribution in [2.24, 2.45) is 0 Å². The Labute approximate surface area is 155 Å². The second-order valence-corrected chi connectivity index (χ2v) is 6.29. The van der Waals surface area contributed by atoms with Crippen LogP contribution in [-0.4, -0.2) is 38.1 Å². The van der Waals surface area contributed by atoms with E-state index in [1.807, 2.05) is 31.2 Å². The summed E-state index contributed by atoms with van der Waals surface area (Å²) in [6.45, 7) is 2.70. The van der Waals surface area contributed by atoms with Gasteiger partial charge in [-0.1, -0.05) is 30.7 Å². The van der Waals surface area contributed by atoms with Crippen molar-refractivity contribution in [3.63, 3.8) is 0 Å². The summed E-state index contributed by atoms with van der Waals surface area (Å²) >= 11 is 6.26. The van der Waals surface area contributed by atoms with Gasteiger partial charge in [-0.3, -0.25) is 4.79 Å². The third-order valence-electron chi connectivity index (χ3n) is 3.01. The van der Waals surface area contributed by atoms with Gasteiger partial charge in [0.05, 0.1) is 24.3 Å². The molecular formula is C17H19ClLiO3P. The van der Waals surface area contributed by atoms with Crippen molar-refractivity contribution in [2.45, 2.75) is 13.3 Å². The van der Waals surface area contributed by atoms with Crippen molar-refractivity contribution in [3.05, 3.63) is 53.1 Å². The number of halogens is 1. The number of methoxy groups -OCH3 is 1. The van der Waals surface area contributed by atoms with Gasteiger partial charge in [0.1, 0.15) is 11.5 Å². The maximum atomic E-state index is 12.4. The molecule has 118 valence electrons. The molecule has 0 saturated heterocycles. The number of ether oxygens (including phenoxy) is 2. The molecule has 0 aliphatic carbocycles. The zero-order valence-electron chi connectivity index (χ0n) is 12.6. The second kappa shape index (κ2) is 10.0. The molecule has 0 spiro atoms. The normalized spacial score (nSPS) is 10.4. The minimum atomic E-state index is -0.0538. The molecule has 0 fully saturated rings. The fourth-order valence-corrected chi connectivity index (χ4v) is 3.19. The molecule has 3 nitrogen and oxygen atoms in total. The van der Waals surface area contributed by atoms with Gasteiger partial charge >= 0.3 is 18.9 Å². The number of carbonyl (C=O) groups is 1. The topological polar surface area (TPSA) is 35.5 Å². The van der Waals surface area contributed by atoms with Crippen LogP contribution in [0.1, 0.15) is 23.7 Å². The maximum absolute atomic E-state index is 12.4. The van der Waals surface area contributed by atoms with Gasteiger partial charge in [0.2, 0.25) is 0 Å². The van der Waals surface area contributed by atoms with E-state index in [1.54, 1.807) is 25.3 Å². The molecule has 1 unspecified atom stereocenters. The summed E-state index contributed by atoms with van der Waals surface area (Å²) in [6, 6.07) is 12.7. The predicted octanol–water partition coefficient (Wildman–Crippen LogP) is 3.63. The first-order chi connectivity index (χ1) is 10.7. The third-order valence-corrected chi connectivity index (χ3v) is 4.69. The number of para-hydroxylation sites is 1. The summed E-state index contributed by atoms with van der Waals surface area (Å²) < 4.78 is 10.8. The molecule has 0 aliphatic rings. The summed E-state index contributed by atoms with van der Waals surface area (Å²) in [5, 5.41) is 1.36. The van der Waals surface area contributed by atoms with Crippen molar-refractivity contribution in [2.75, 3.05) is 13.7 Å². The predicted molar refractivity (Wildman–Crippen MR) is 99.7 cm³/mol. The molecule has 0 bridgehead atoms. The summed E-state index contributed by atoms with van der Waals surface area (Å²) in [7, 11) is 1.50. The van der Waals surface area contributed by atoms with Crippen molar-refractivity contribution in [3.8, 4) is 11.5 Å². The van der Waals surface area contributed by atoms with Crippen LogP contribution in [0.2, 0.25) is 5.02 Å². The van der Waals surface area contributed by atoms with Crippen molar-refractivity contribution in [1.29, 1.82) is 0 Å². The van der Waals surface area contributed by atoms with E-state index in [0.717, 1.165) is 17.5 Å². The van der Waals surface area contributed by atoms with Gasteiger partial charge in [-0.15, -0.1) is 0 Å². The third kappa shape index (κ3) is 5.55. The molecule has 0 amide bonds. The van der Waals surface area contributed by atoms with Crippen LogP contribution in [0, 0.1) is 0 Å². The molecular weight excluding hydrogens is 326 g/mol.